The Morgan fingerprint density at radius 3 is 2.26 bits per heavy atom. The highest BCUT2D eigenvalue weighted by atomic mass is 16.5. The summed E-state index contributed by atoms with van der Waals surface area (Å²) in [5, 5.41) is 20.3. The first-order chi connectivity index (χ1) is 13.0. The fourth-order valence-corrected chi connectivity index (χ4v) is 3.55. The summed E-state index contributed by atoms with van der Waals surface area (Å²) in [7, 11) is 3.24. The van der Waals surface area contributed by atoms with Crippen LogP contribution in [0.5, 0.6) is 17.2 Å². The predicted molar refractivity (Wildman–Crippen MR) is 106 cm³/mol. The van der Waals surface area contributed by atoms with Crippen LogP contribution in [0.1, 0.15) is 16.8 Å². The van der Waals surface area contributed by atoms with Crippen molar-refractivity contribution < 1.29 is 14.6 Å². The van der Waals surface area contributed by atoms with Gasteiger partial charge in [-0.1, -0.05) is 0 Å². The molecule has 6 heteroatoms. The normalized spacial score (nSPS) is 11.3. The van der Waals surface area contributed by atoms with Gasteiger partial charge in [0.15, 0.2) is 17.1 Å². The lowest BCUT2D eigenvalue weighted by molar-refractivity contribution is 0.356. The van der Waals surface area contributed by atoms with Crippen LogP contribution in [-0.2, 0) is 0 Å². The largest absolute Gasteiger partial charge is 0.508 e. The molecule has 4 aromatic rings. The van der Waals surface area contributed by atoms with E-state index >= 15 is 0 Å². The molecule has 0 radical (unpaired) electrons. The lowest BCUT2D eigenvalue weighted by Gasteiger charge is -2.15. The number of pyridine rings is 1. The average molecular weight is 363 g/mol. The van der Waals surface area contributed by atoms with Crippen LogP contribution in [0.2, 0.25) is 0 Å². The second-order valence-electron chi connectivity index (χ2n) is 6.63. The van der Waals surface area contributed by atoms with Crippen molar-refractivity contribution >= 4 is 21.8 Å². The zero-order valence-corrected chi connectivity index (χ0v) is 16.0. The molecule has 0 aliphatic rings. The highest BCUT2D eigenvalue weighted by Crippen LogP contribution is 2.41. The number of aromatic amines is 1. The topological polar surface area (TPSA) is 80.3 Å². The molecule has 4 rings (SSSR count). The van der Waals surface area contributed by atoms with Gasteiger partial charge in [0.05, 0.1) is 25.6 Å². The maximum Gasteiger partial charge on any atom is 0.161 e. The van der Waals surface area contributed by atoms with Gasteiger partial charge in [0, 0.05) is 21.7 Å². The van der Waals surface area contributed by atoms with E-state index in [4.69, 9.17) is 14.5 Å². The number of nitrogens with one attached hydrogen (secondary N) is 1. The molecule has 6 nitrogen and oxygen atoms in total. The highest BCUT2D eigenvalue weighted by molar-refractivity contribution is 6.12. The zero-order valence-electron chi connectivity index (χ0n) is 16.0. The number of H-pyrrole nitrogens is 1. The van der Waals surface area contributed by atoms with Crippen molar-refractivity contribution in [1.29, 1.82) is 0 Å². The van der Waals surface area contributed by atoms with Crippen LogP contribution in [0.25, 0.3) is 33.1 Å². The van der Waals surface area contributed by atoms with Crippen LogP contribution >= 0.6 is 0 Å². The van der Waals surface area contributed by atoms with E-state index in [1.165, 1.54) is 0 Å². The minimum absolute atomic E-state index is 0.276. The maximum absolute atomic E-state index is 10.0. The number of phenolic OH excluding ortho intramolecular Hbond substituents is 1. The third-order valence-electron chi connectivity index (χ3n) is 5.21. The first kappa shape index (κ1) is 17.1. The Balaban J connectivity index is 2.19. The van der Waals surface area contributed by atoms with E-state index in [-0.39, 0.29) is 5.75 Å². The number of hydrogen-bond acceptors (Lipinski definition) is 5. The summed E-state index contributed by atoms with van der Waals surface area (Å²) in [5.41, 5.74) is 5.17. The molecule has 138 valence electrons. The second-order valence-corrected chi connectivity index (χ2v) is 6.63. The lowest BCUT2D eigenvalue weighted by Crippen LogP contribution is -1.96. The minimum atomic E-state index is 0.276. The van der Waals surface area contributed by atoms with E-state index in [9.17, 15) is 5.11 Å². The average Bonchev–Trinajstić information content (AvgIpc) is 3.05. The Bertz CT molecular complexity index is 1190. The molecule has 0 fully saturated rings. The zero-order chi connectivity index (χ0) is 19.3. The van der Waals surface area contributed by atoms with E-state index in [0.717, 1.165) is 44.2 Å². The van der Waals surface area contributed by atoms with Crippen molar-refractivity contribution in [2.45, 2.75) is 20.8 Å². The fourth-order valence-electron chi connectivity index (χ4n) is 3.55. The summed E-state index contributed by atoms with van der Waals surface area (Å²) in [4.78, 5) is 4.86. The van der Waals surface area contributed by atoms with E-state index in [2.05, 4.69) is 10.2 Å². The Morgan fingerprint density at radius 1 is 0.926 bits per heavy atom. The molecule has 2 heterocycles. The molecule has 27 heavy (non-hydrogen) atoms. The Kier molecular flexibility index (Phi) is 3.91. The molecule has 0 amide bonds. The van der Waals surface area contributed by atoms with Gasteiger partial charge in [0.25, 0.3) is 0 Å². The number of phenols is 1. The Labute approximate surface area is 156 Å². The predicted octanol–water partition coefficient (Wildman–Crippen LogP) is 4.43. The molecule has 2 N–H and O–H groups in total. The van der Waals surface area contributed by atoms with Crippen LogP contribution < -0.4 is 9.47 Å². The summed E-state index contributed by atoms with van der Waals surface area (Å²) in [6.45, 7) is 5.84. The van der Waals surface area contributed by atoms with Crippen LogP contribution in [-0.4, -0.2) is 34.5 Å². The van der Waals surface area contributed by atoms with Crippen LogP contribution in [0, 0.1) is 20.8 Å². The van der Waals surface area contributed by atoms with Gasteiger partial charge >= 0.3 is 0 Å². The lowest BCUT2D eigenvalue weighted by atomic mass is 9.95. The molecule has 0 saturated heterocycles. The van der Waals surface area contributed by atoms with Gasteiger partial charge in [-0.2, -0.15) is 5.10 Å². The van der Waals surface area contributed by atoms with E-state index < -0.39 is 0 Å². The smallest absolute Gasteiger partial charge is 0.161 e. The molecule has 0 aliphatic carbocycles. The summed E-state index contributed by atoms with van der Waals surface area (Å²) in [5.74, 6) is 1.57. The Morgan fingerprint density at radius 2 is 1.59 bits per heavy atom. The highest BCUT2D eigenvalue weighted by Gasteiger charge is 2.19. The third-order valence-corrected chi connectivity index (χ3v) is 5.21. The summed E-state index contributed by atoms with van der Waals surface area (Å²) >= 11 is 0. The quantitative estimate of drug-likeness (QED) is 0.563. The van der Waals surface area contributed by atoms with E-state index in [0.29, 0.717) is 17.1 Å². The van der Waals surface area contributed by atoms with Gasteiger partial charge in [-0.25, -0.2) is 4.98 Å². The summed E-state index contributed by atoms with van der Waals surface area (Å²) in [6.07, 6.45) is 0. The van der Waals surface area contributed by atoms with Crippen molar-refractivity contribution in [3.05, 3.63) is 41.1 Å². The second kappa shape index (κ2) is 6.16. The van der Waals surface area contributed by atoms with Crippen LogP contribution in [0.15, 0.2) is 24.3 Å². The SMILES string of the molecule is COc1cc2c(-c3ccc(O)c(C)c3C)nc3[nH]nc(C)c3c2cc1OC. The number of methoxy groups -OCH3 is 2. The fraction of sp³-hybridized carbons (Fsp3) is 0.238. The number of rotatable bonds is 3. The molecule has 2 aromatic heterocycles. The molecule has 0 saturated carbocycles. The van der Waals surface area contributed by atoms with Gasteiger partial charge in [0.1, 0.15) is 5.75 Å². The van der Waals surface area contributed by atoms with Crippen molar-refractivity contribution in [1.82, 2.24) is 15.2 Å². The molecular formula is C21H21N3O3. The number of hydrogen-bond donors (Lipinski definition) is 2. The first-order valence-electron chi connectivity index (χ1n) is 8.66. The van der Waals surface area contributed by atoms with Gasteiger partial charge < -0.3 is 14.6 Å². The van der Waals surface area contributed by atoms with Crippen molar-refractivity contribution in [3.63, 3.8) is 0 Å². The van der Waals surface area contributed by atoms with Gasteiger partial charge in [0.2, 0.25) is 0 Å². The molecule has 2 aromatic carbocycles. The third kappa shape index (κ3) is 2.48. The number of fused-ring (bicyclic) bond motifs is 3. The maximum atomic E-state index is 10.0. The molecule has 0 unspecified atom stereocenters. The van der Waals surface area contributed by atoms with E-state index in [1.807, 2.05) is 39.0 Å². The van der Waals surface area contributed by atoms with Gasteiger partial charge in [-0.05, 0) is 56.2 Å². The summed E-state index contributed by atoms with van der Waals surface area (Å²) < 4.78 is 11.0. The van der Waals surface area contributed by atoms with Crippen molar-refractivity contribution in [2.24, 2.45) is 0 Å². The number of ether oxygens (including phenoxy) is 2. The van der Waals surface area contributed by atoms with Gasteiger partial charge in [-0.3, -0.25) is 5.10 Å². The standard InChI is InChI=1S/C21H21N3O3/c1-10-11(2)16(25)7-6-13(10)20-15-9-18(27-5)17(26-4)8-14(15)19-12(3)23-24-21(19)22-20/h6-9,25H,1-5H3,(H,22,23,24). The van der Waals surface area contributed by atoms with Crippen molar-refractivity contribution in [3.8, 4) is 28.5 Å². The van der Waals surface area contributed by atoms with Crippen LogP contribution in [0.4, 0.5) is 0 Å². The number of aromatic hydroxyl groups is 1. The molecule has 0 aliphatic heterocycles. The molecule has 0 spiro atoms. The van der Waals surface area contributed by atoms with E-state index in [1.54, 1.807) is 20.3 Å². The van der Waals surface area contributed by atoms with Crippen molar-refractivity contribution in [2.75, 3.05) is 14.2 Å². The number of aromatic nitrogens is 3. The molecule has 0 bridgehead atoms. The van der Waals surface area contributed by atoms with Gasteiger partial charge in [-0.15, -0.1) is 0 Å². The van der Waals surface area contributed by atoms with Crippen LogP contribution in [0.3, 0.4) is 0 Å². The monoisotopic (exact) mass is 363 g/mol. The molecular weight excluding hydrogens is 342 g/mol. The number of nitrogens with zero attached hydrogens (tertiary/aromatic N) is 2. The molecule has 0 atom stereocenters. The Hall–Kier alpha value is -3.28. The minimum Gasteiger partial charge on any atom is -0.508 e. The number of aryl methyl sites for hydroxylation is 1. The first-order valence-corrected chi connectivity index (χ1v) is 8.66. The number of benzene rings is 2. The summed E-state index contributed by atoms with van der Waals surface area (Å²) in [6, 6.07) is 7.51.